The van der Waals surface area contributed by atoms with Crippen LogP contribution >= 0.6 is 11.8 Å². The number of nitrogens with zero attached hydrogens (tertiary/aromatic N) is 1. The molecule has 1 heterocycles. The van der Waals surface area contributed by atoms with Gasteiger partial charge >= 0.3 is 0 Å². The van der Waals surface area contributed by atoms with Crippen molar-refractivity contribution in [2.45, 2.75) is 49.9 Å². The van der Waals surface area contributed by atoms with Crippen LogP contribution < -0.4 is 5.32 Å². The number of nitrogens with one attached hydrogen (secondary N) is 1. The summed E-state index contributed by atoms with van der Waals surface area (Å²) in [4.78, 5) is 14.2. The minimum Gasteiger partial charge on any atom is -0.340 e. The summed E-state index contributed by atoms with van der Waals surface area (Å²) < 4.78 is 0. The molecule has 1 N–H and O–H groups in total. The van der Waals surface area contributed by atoms with Crippen LogP contribution in [0.15, 0.2) is 0 Å². The molecule has 92 valence electrons. The van der Waals surface area contributed by atoms with Gasteiger partial charge in [-0.2, -0.15) is 11.8 Å². The predicted molar refractivity (Wildman–Crippen MR) is 68.7 cm³/mol. The summed E-state index contributed by atoms with van der Waals surface area (Å²) in [7, 11) is 0. The molecule has 0 radical (unpaired) electrons. The average Bonchev–Trinajstić information content (AvgIpc) is 3.07. The Balaban J connectivity index is 1.85. The van der Waals surface area contributed by atoms with Crippen LogP contribution in [0.1, 0.15) is 32.6 Å². The monoisotopic (exact) mass is 242 g/mol. The summed E-state index contributed by atoms with van der Waals surface area (Å²) in [6.45, 7) is 4.05. The molecule has 0 aromatic rings. The highest BCUT2D eigenvalue weighted by molar-refractivity contribution is 7.99. The largest absolute Gasteiger partial charge is 0.340 e. The number of carbonyl (C=O) groups is 1. The van der Waals surface area contributed by atoms with Crippen LogP contribution in [0.3, 0.4) is 0 Å². The van der Waals surface area contributed by atoms with E-state index in [1.54, 1.807) is 0 Å². The molecule has 1 amide bonds. The Morgan fingerprint density at radius 3 is 2.88 bits per heavy atom. The minimum atomic E-state index is 0.107. The zero-order valence-corrected chi connectivity index (χ0v) is 11.1. The van der Waals surface area contributed by atoms with Gasteiger partial charge in [-0.15, -0.1) is 0 Å². The summed E-state index contributed by atoms with van der Waals surface area (Å²) in [5.41, 5.74) is 0. The van der Waals surface area contributed by atoms with Gasteiger partial charge in [-0.25, -0.2) is 0 Å². The molecular formula is C12H22N2OS. The first-order chi connectivity index (χ1) is 7.70. The maximum absolute atomic E-state index is 12.2. The lowest BCUT2D eigenvalue weighted by Crippen LogP contribution is -2.52. The second-order valence-electron chi connectivity index (χ2n) is 4.97. The molecule has 2 rings (SSSR count). The molecule has 2 atom stereocenters. The first-order valence-corrected chi connectivity index (χ1v) is 7.57. The van der Waals surface area contributed by atoms with E-state index in [0.717, 1.165) is 25.9 Å². The van der Waals surface area contributed by atoms with Gasteiger partial charge in [0.05, 0.1) is 6.04 Å². The molecule has 1 saturated heterocycles. The second-order valence-corrected chi connectivity index (χ2v) is 6.24. The van der Waals surface area contributed by atoms with Gasteiger partial charge in [0.15, 0.2) is 0 Å². The van der Waals surface area contributed by atoms with E-state index >= 15 is 0 Å². The van der Waals surface area contributed by atoms with Crippen molar-refractivity contribution < 1.29 is 4.79 Å². The Hall–Kier alpha value is -0.220. The van der Waals surface area contributed by atoms with Crippen LogP contribution in [0, 0.1) is 0 Å². The highest BCUT2D eigenvalue weighted by Crippen LogP contribution is 2.23. The van der Waals surface area contributed by atoms with Crippen LogP contribution in [0.4, 0.5) is 0 Å². The van der Waals surface area contributed by atoms with Gasteiger partial charge in [0.1, 0.15) is 0 Å². The Kier molecular flexibility index (Phi) is 4.14. The van der Waals surface area contributed by atoms with E-state index in [-0.39, 0.29) is 6.04 Å². The van der Waals surface area contributed by atoms with Gasteiger partial charge in [0, 0.05) is 24.4 Å². The summed E-state index contributed by atoms with van der Waals surface area (Å²) >= 11 is 1.83. The number of amides is 1. The highest BCUT2D eigenvalue weighted by Gasteiger charge is 2.33. The molecule has 3 nitrogen and oxygen atoms in total. The van der Waals surface area contributed by atoms with E-state index in [0.29, 0.717) is 17.2 Å². The van der Waals surface area contributed by atoms with Crippen molar-refractivity contribution in [1.82, 2.24) is 10.2 Å². The molecule has 16 heavy (non-hydrogen) atoms. The van der Waals surface area contributed by atoms with Crippen molar-refractivity contribution in [1.29, 1.82) is 0 Å². The Morgan fingerprint density at radius 2 is 2.25 bits per heavy atom. The molecule has 1 aliphatic carbocycles. The summed E-state index contributed by atoms with van der Waals surface area (Å²) in [5.74, 6) is 0.332. The molecule has 2 unspecified atom stereocenters. The van der Waals surface area contributed by atoms with Crippen LogP contribution in [0.25, 0.3) is 0 Å². The maximum Gasteiger partial charge on any atom is 0.239 e. The van der Waals surface area contributed by atoms with Crippen LogP contribution in [-0.2, 0) is 4.79 Å². The van der Waals surface area contributed by atoms with Gasteiger partial charge < -0.3 is 10.2 Å². The number of rotatable bonds is 5. The number of carbonyl (C=O) groups excluding carboxylic acids is 1. The van der Waals surface area contributed by atoms with Gasteiger partial charge in [-0.1, -0.05) is 6.92 Å². The number of thioether (sulfide) groups is 1. The quantitative estimate of drug-likeness (QED) is 0.792. The lowest BCUT2D eigenvalue weighted by molar-refractivity contribution is -0.135. The smallest absolute Gasteiger partial charge is 0.239 e. The Morgan fingerprint density at radius 1 is 1.50 bits per heavy atom. The van der Waals surface area contributed by atoms with Crippen LogP contribution in [-0.4, -0.2) is 47.5 Å². The maximum atomic E-state index is 12.2. The predicted octanol–water partition coefficient (Wildman–Crippen LogP) is 1.48. The molecule has 0 spiro atoms. The fourth-order valence-corrected chi connectivity index (χ4v) is 2.52. The van der Waals surface area contributed by atoms with Crippen molar-refractivity contribution in [3.63, 3.8) is 0 Å². The van der Waals surface area contributed by atoms with E-state index in [9.17, 15) is 4.79 Å². The van der Waals surface area contributed by atoms with E-state index in [1.807, 2.05) is 16.7 Å². The average molecular weight is 242 g/mol. The summed E-state index contributed by atoms with van der Waals surface area (Å²) in [6.07, 6.45) is 6.80. The zero-order chi connectivity index (χ0) is 11.5. The first-order valence-electron chi connectivity index (χ1n) is 6.28. The van der Waals surface area contributed by atoms with Crippen molar-refractivity contribution in [2.75, 3.05) is 19.3 Å². The van der Waals surface area contributed by atoms with Gasteiger partial charge in [0.25, 0.3) is 0 Å². The lowest BCUT2D eigenvalue weighted by Gasteiger charge is -2.34. The number of likely N-dealkylation sites (tertiary alicyclic amines) is 1. The van der Waals surface area contributed by atoms with Crippen molar-refractivity contribution >= 4 is 17.7 Å². The number of hydrogen-bond donors (Lipinski definition) is 1. The molecule has 0 aromatic heterocycles. The molecule has 1 saturated carbocycles. The SMILES string of the molecule is CSC(C)CN1CCCC(NC2CC2)C1=O. The Bertz CT molecular complexity index is 255. The zero-order valence-electron chi connectivity index (χ0n) is 10.2. The molecule has 0 aromatic carbocycles. The van der Waals surface area contributed by atoms with Crippen molar-refractivity contribution in [3.8, 4) is 0 Å². The van der Waals surface area contributed by atoms with Crippen molar-refractivity contribution in [2.24, 2.45) is 0 Å². The molecular weight excluding hydrogens is 220 g/mol. The minimum absolute atomic E-state index is 0.107. The lowest BCUT2D eigenvalue weighted by atomic mass is 10.0. The molecule has 4 heteroatoms. The van der Waals surface area contributed by atoms with E-state index in [2.05, 4.69) is 18.5 Å². The van der Waals surface area contributed by atoms with E-state index in [1.165, 1.54) is 12.8 Å². The molecule has 2 fully saturated rings. The van der Waals surface area contributed by atoms with Gasteiger partial charge in [0.2, 0.25) is 5.91 Å². The summed E-state index contributed by atoms with van der Waals surface area (Å²) in [6, 6.07) is 0.738. The van der Waals surface area contributed by atoms with Gasteiger partial charge in [-0.05, 0) is 31.9 Å². The van der Waals surface area contributed by atoms with Crippen LogP contribution in [0.5, 0.6) is 0 Å². The fraction of sp³-hybridized carbons (Fsp3) is 0.917. The third-order valence-corrected chi connectivity index (χ3v) is 4.38. The van der Waals surface area contributed by atoms with E-state index in [4.69, 9.17) is 0 Å². The third kappa shape index (κ3) is 3.14. The number of hydrogen-bond acceptors (Lipinski definition) is 3. The number of piperidine rings is 1. The molecule has 0 bridgehead atoms. The fourth-order valence-electron chi connectivity index (χ4n) is 2.20. The third-order valence-electron chi connectivity index (χ3n) is 3.42. The highest BCUT2D eigenvalue weighted by atomic mass is 32.2. The Labute approximate surface area is 102 Å². The second kappa shape index (κ2) is 5.41. The standard InChI is InChI=1S/C12H22N2OS/c1-9(16-2)8-14-7-3-4-11(12(14)15)13-10-5-6-10/h9-11,13H,3-8H2,1-2H3. The van der Waals surface area contributed by atoms with Gasteiger partial charge in [-0.3, -0.25) is 4.79 Å². The molecule has 1 aliphatic heterocycles. The topological polar surface area (TPSA) is 32.3 Å². The van der Waals surface area contributed by atoms with E-state index < -0.39 is 0 Å². The summed E-state index contributed by atoms with van der Waals surface area (Å²) in [5, 5.41) is 4.01. The normalized spacial score (nSPS) is 28.2. The molecule has 2 aliphatic rings. The van der Waals surface area contributed by atoms with Crippen LogP contribution in [0.2, 0.25) is 0 Å². The first kappa shape index (κ1) is 12.2. The van der Waals surface area contributed by atoms with Crippen molar-refractivity contribution in [3.05, 3.63) is 0 Å².